The first-order valence-electron chi connectivity index (χ1n) is 13.7. The van der Waals surface area contributed by atoms with E-state index in [1.807, 2.05) is 62.4 Å². The summed E-state index contributed by atoms with van der Waals surface area (Å²) < 4.78 is 5.45. The Labute approximate surface area is 232 Å². The maximum Gasteiger partial charge on any atom is 0.408 e. The van der Waals surface area contributed by atoms with Crippen LogP contribution < -0.4 is 10.6 Å². The summed E-state index contributed by atoms with van der Waals surface area (Å²) in [6, 6.07) is 15.4. The molecule has 1 aliphatic rings. The molecule has 3 rings (SSSR count). The largest absolute Gasteiger partial charge is 0.444 e. The molecule has 2 aromatic rings. The van der Waals surface area contributed by atoms with Crippen LogP contribution in [0.15, 0.2) is 48.5 Å². The Morgan fingerprint density at radius 3 is 2.31 bits per heavy atom. The van der Waals surface area contributed by atoms with Gasteiger partial charge in [-0.15, -0.1) is 0 Å². The molecule has 1 fully saturated rings. The Kier molecular flexibility index (Phi) is 10.2. The fraction of sp³-hybridized carbons (Fsp3) is 0.469. The average molecular weight is 532 g/mol. The lowest BCUT2D eigenvalue weighted by molar-refractivity contribution is -0.139. The molecule has 3 amide bonds. The first-order valence-corrected chi connectivity index (χ1v) is 13.7. The van der Waals surface area contributed by atoms with Gasteiger partial charge in [-0.2, -0.15) is 0 Å². The smallest absolute Gasteiger partial charge is 0.408 e. The number of rotatable bonds is 8. The number of carbonyl (C=O) groups is 3. The molecular formula is C32H41N3O4. The van der Waals surface area contributed by atoms with Gasteiger partial charge in [-0.05, 0) is 69.7 Å². The summed E-state index contributed by atoms with van der Waals surface area (Å²) in [5.41, 5.74) is 2.61. The zero-order chi connectivity index (χ0) is 28.6. The molecule has 1 saturated carbocycles. The van der Waals surface area contributed by atoms with E-state index in [4.69, 9.17) is 11.2 Å². The third-order valence-electron chi connectivity index (χ3n) is 7.05. The number of ether oxygens (including phenoxy) is 1. The summed E-state index contributed by atoms with van der Waals surface area (Å²) >= 11 is 0. The quantitative estimate of drug-likeness (QED) is 0.355. The molecule has 0 spiro atoms. The molecule has 0 aromatic heterocycles. The van der Waals surface area contributed by atoms with Gasteiger partial charge in [0.25, 0.3) is 5.91 Å². The minimum Gasteiger partial charge on any atom is -0.444 e. The van der Waals surface area contributed by atoms with Gasteiger partial charge in [0, 0.05) is 18.5 Å². The monoisotopic (exact) mass is 531 g/mol. The molecule has 7 nitrogen and oxygen atoms in total. The highest BCUT2D eigenvalue weighted by Gasteiger charge is 2.37. The Morgan fingerprint density at radius 2 is 1.69 bits per heavy atom. The molecular weight excluding hydrogens is 490 g/mol. The second kappa shape index (κ2) is 13.3. The molecule has 0 bridgehead atoms. The van der Waals surface area contributed by atoms with Crippen LogP contribution in [0.5, 0.6) is 0 Å². The third kappa shape index (κ3) is 8.35. The van der Waals surface area contributed by atoms with Crippen LogP contribution in [0.4, 0.5) is 4.79 Å². The molecule has 0 saturated heterocycles. The fourth-order valence-corrected chi connectivity index (χ4v) is 4.93. The van der Waals surface area contributed by atoms with Crippen LogP contribution in [-0.2, 0) is 20.7 Å². The van der Waals surface area contributed by atoms with Crippen LogP contribution in [0.2, 0.25) is 0 Å². The van der Waals surface area contributed by atoms with Gasteiger partial charge in [0.15, 0.2) is 0 Å². The highest BCUT2D eigenvalue weighted by molar-refractivity contribution is 5.93. The van der Waals surface area contributed by atoms with Crippen molar-refractivity contribution in [3.05, 3.63) is 70.8 Å². The summed E-state index contributed by atoms with van der Waals surface area (Å²) in [5, 5.41) is 5.86. The molecule has 7 heteroatoms. The number of amides is 3. The lowest BCUT2D eigenvalue weighted by Gasteiger charge is -2.33. The zero-order valence-electron chi connectivity index (χ0n) is 23.8. The first-order chi connectivity index (χ1) is 18.5. The number of carbonyl (C=O) groups excluding carboxylic acids is 3. The van der Waals surface area contributed by atoms with Gasteiger partial charge >= 0.3 is 6.09 Å². The molecule has 39 heavy (non-hydrogen) atoms. The highest BCUT2D eigenvalue weighted by atomic mass is 16.6. The summed E-state index contributed by atoms with van der Waals surface area (Å²) in [4.78, 5) is 41.9. The van der Waals surface area contributed by atoms with Crippen molar-refractivity contribution in [1.29, 1.82) is 0 Å². The maximum atomic E-state index is 14.1. The van der Waals surface area contributed by atoms with Crippen molar-refractivity contribution in [2.24, 2.45) is 0 Å². The number of hydrogen-bond acceptors (Lipinski definition) is 4. The minimum absolute atomic E-state index is 0.0357. The van der Waals surface area contributed by atoms with E-state index in [1.165, 1.54) is 0 Å². The number of nitrogens with zero attached hydrogens (tertiary/aromatic N) is 1. The molecule has 2 atom stereocenters. The summed E-state index contributed by atoms with van der Waals surface area (Å²) in [6.45, 7) is 9.13. The standard InChI is InChI=1S/C32H41N3O4/c1-7-35(30(37)27(21-24-16-10-8-11-17-24)34-31(38)39-32(4,5)6)28(26-20-14-15-22(2)23(26)3)29(36)33-25-18-12-9-13-19-25/h1,8,10-11,14-17,20,25,27-28H,9,12-13,18-19,21H2,2-6H3,(H,33,36)(H,34,38). The second-order valence-electron chi connectivity index (χ2n) is 11.3. The van der Waals surface area contributed by atoms with E-state index >= 15 is 0 Å². The number of benzene rings is 2. The lowest BCUT2D eigenvalue weighted by Crippen LogP contribution is -2.53. The molecule has 0 heterocycles. The SMILES string of the molecule is C#CN(C(=O)C(Cc1ccccc1)NC(=O)OC(C)(C)C)C(C(=O)NC1CCCCC1)c1cccc(C)c1C. The highest BCUT2D eigenvalue weighted by Crippen LogP contribution is 2.28. The van der Waals surface area contributed by atoms with Crippen LogP contribution in [0.3, 0.4) is 0 Å². The average Bonchev–Trinajstić information content (AvgIpc) is 2.88. The Morgan fingerprint density at radius 1 is 1.03 bits per heavy atom. The van der Waals surface area contributed by atoms with E-state index in [0.717, 1.165) is 53.7 Å². The van der Waals surface area contributed by atoms with E-state index in [1.54, 1.807) is 20.8 Å². The molecule has 0 aliphatic heterocycles. The molecule has 208 valence electrons. The van der Waals surface area contributed by atoms with Crippen LogP contribution in [0.1, 0.15) is 81.2 Å². The van der Waals surface area contributed by atoms with Crippen LogP contribution in [0, 0.1) is 26.3 Å². The van der Waals surface area contributed by atoms with Crippen molar-refractivity contribution in [3.8, 4) is 12.5 Å². The Bertz CT molecular complexity index is 1190. The summed E-state index contributed by atoms with van der Waals surface area (Å²) in [6.07, 6.45) is 10.5. The van der Waals surface area contributed by atoms with Gasteiger partial charge in [0.1, 0.15) is 17.7 Å². The van der Waals surface area contributed by atoms with Gasteiger partial charge in [-0.3, -0.25) is 14.5 Å². The predicted octanol–water partition coefficient (Wildman–Crippen LogP) is 5.35. The van der Waals surface area contributed by atoms with E-state index < -0.39 is 29.7 Å². The number of aryl methyl sites for hydroxylation is 1. The minimum atomic E-state index is -1.05. The van der Waals surface area contributed by atoms with Crippen LogP contribution >= 0.6 is 0 Å². The van der Waals surface area contributed by atoms with Gasteiger partial charge in [-0.25, -0.2) is 4.79 Å². The lowest BCUT2D eigenvalue weighted by atomic mass is 9.92. The summed E-state index contributed by atoms with van der Waals surface area (Å²) in [5.74, 6) is -0.880. The Hall–Kier alpha value is -3.79. The van der Waals surface area contributed by atoms with E-state index in [9.17, 15) is 14.4 Å². The molecule has 0 radical (unpaired) electrons. The number of alkyl carbamates (subject to hydrolysis) is 1. The van der Waals surface area contributed by atoms with Crippen molar-refractivity contribution in [2.75, 3.05) is 0 Å². The van der Waals surface area contributed by atoms with Gasteiger partial charge in [0.05, 0.1) is 0 Å². The van der Waals surface area contributed by atoms with Crippen LogP contribution in [0.25, 0.3) is 0 Å². The van der Waals surface area contributed by atoms with Crippen molar-refractivity contribution in [2.45, 2.75) is 96.9 Å². The third-order valence-corrected chi connectivity index (χ3v) is 7.05. The van der Waals surface area contributed by atoms with Gasteiger partial charge < -0.3 is 15.4 Å². The predicted molar refractivity (Wildman–Crippen MR) is 153 cm³/mol. The van der Waals surface area contributed by atoms with Crippen molar-refractivity contribution in [3.63, 3.8) is 0 Å². The molecule has 1 aliphatic carbocycles. The van der Waals surface area contributed by atoms with E-state index in [2.05, 4.69) is 16.7 Å². The first kappa shape index (κ1) is 29.8. The van der Waals surface area contributed by atoms with Crippen molar-refractivity contribution < 1.29 is 19.1 Å². The number of nitrogens with one attached hydrogen (secondary N) is 2. The maximum absolute atomic E-state index is 14.1. The van der Waals surface area contributed by atoms with Crippen molar-refractivity contribution >= 4 is 17.9 Å². The van der Waals surface area contributed by atoms with Crippen molar-refractivity contribution in [1.82, 2.24) is 15.5 Å². The molecule has 2 N–H and O–H groups in total. The van der Waals surface area contributed by atoms with Gasteiger partial charge in [0.2, 0.25) is 5.91 Å². The second-order valence-corrected chi connectivity index (χ2v) is 11.3. The van der Waals surface area contributed by atoms with Crippen LogP contribution in [-0.4, -0.2) is 40.5 Å². The van der Waals surface area contributed by atoms with E-state index in [0.29, 0.717) is 5.56 Å². The summed E-state index contributed by atoms with van der Waals surface area (Å²) in [7, 11) is 0. The molecule has 2 aromatic carbocycles. The number of hydrogen-bond donors (Lipinski definition) is 2. The normalized spacial score (nSPS) is 15.4. The van der Waals surface area contributed by atoms with Gasteiger partial charge in [-0.1, -0.05) is 74.2 Å². The number of terminal acetylenes is 1. The topological polar surface area (TPSA) is 87.7 Å². The van der Waals surface area contributed by atoms with E-state index in [-0.39, 0.29) is 18.4 Å². The zero-order valence-corrected chi connectivity index (χ0v) is 23.8. The Balaban J connectivity index is 1.99. The fourth-order valence-electron chi connectivity index (χ4n) is 4.93. The molecule has 2 unspecified atom stereocenters.